The van der Waals surface area contributed by atoms with Crippen molar-refractivity contribution in [1.29, 1.82) is 0 Å². The number of alkyl halides is 5. The summed E-state index contributed by atoms with van der Waals surface area (Å²) in [6.45, 7) is 0. The van der Waals surface area contributed by atoms with Gasteiger partial charge in [-0.15, -0.1) is 11.6 Å². The van der Waals surface area contributed by atoms with Gasteiger partial charge in [0.1, 0.15) is 0 Å². The molecule has 0 aromatic rings. The average Bonchev–Trinajstić information content (AvgIpc) is 1.67. The van der Waals surface area contributed by atoms with Gasteiger partial charge in [-0.05, 0) is 0 Å². The second kappa shape index (κ2) is 3.31. The van der Waals surface area contributed by atoms with E-state index in [1.54, 1.807) is 0 Å². The molecular formula is C3H3Cl4F. The molecule has 0 heterocycles. The smallest absolute Gasteiger partial charge is 0.207 e. The minimum Gasteiger partial charge on any atom is -0.227 e. The summed E-state index contributed by atoms with van der Waals surface area (Å²) >= 11 is 20.3. The Labute approximate surface area is 66.8 Å². The van der Waals surface area contributed by atoms with Crippen LogP contribution in [-0.4, -0.2) is 15.8 Å². The van der Waals surface area contributed by atoms with E-state index < -0.39 is 9.96 Å². The molecule has 1 unspecified atom stereocenters. The molecule has 50 valence electrons. The molecule has 0 saturated carbocycles. The summed E-state index contributed by atoms with van der Waals surface area (Å²) in [4.78, 5) is 0. The van der Waals surface area contributed by atoms with Gasteiger partial charge in [0.25, 0.3) is 0 Å². The van der Waals surface area contributed by atoms with Crippen LogP contribution in [0.15, 0.2) is 0 Å². The van der Waals surface area contributed by atoms with Crippen molar-refractivity contribution in [1.82, 2.24) is 0 Å². The molecule has 0 aromatic carbocycles. The van der Waals surface area contributed by atoms with Crippen LogP contribution in [0.4, 0.5) is 4.39 Å². The first kappa shape index (κ1) is 9.09. The van der Waals surface area contributed by atoms with Crippen molar-refractivity contribution in [3.05, 3.63) is 0 Å². The zero-order valence-corrected chi connectivity index (χ0v) is 6.70. The van der Waals surface area contributed by atoms with Crippen molar-refractivity contribution in [2.45, 2.75) is 9.96 Å². The zero-order valence-electron chi connectivity index (χ0n) is 3.67. The highest BCUT2D eigenvalue weighted by atomic mass is 35.5. The van der Waals surface area contributed by atoms with E-state index >= 15 is 0 Å². The summed E-state index contributed by atoms with van der Waals surface area (Å²) < 4.78 is 10.2. The summed E-state index contributed by atoms with van der Waals surface area (Å²) in [6, 6.07) is 0. The molecule has 8 heavy (non-hydrogen) atoms. The van der Waals surface area contributed by atoms with Crippen LogP contribution >= 0.6 is 46.4 Å². The molecule has 5 heteroatoms. The van der Waals surface area contributed by atoms with Gasteiger partial charge in [-0.25, -0.2) is 4.39 Å². The summed E-state index contributed by atoms with van der Waals surface area (Å²) in [6.07, 6.45) is 0. The van der Waals surface area contributed by atoms with Crippen LogP contribution in [0, 0.1) is 0 Å². The van der Waals surface area contributed by atoms with E-state index in [-0.39, 0.29) is 5.88 Å². The highest BCUT2D eigenvalue weighted by molar-refractivity contribution is 6.54. The standard InChI is InChI=1S/C3H3Cl4F/c4-1-3(6,7)2(5)8/h2H,1H2. The Morgan fingerprint density at radius 1 is 1.50 bits per heavy atom. The van der Waals surface area contributed by atoms with Gasteiger partial charge >= 0.3 is 0 Å². The van der Waals surface area contributed by atoms with Crippen LogP contribution in [0.3, 0.4) is 0 Å². The molecule has 0 fully saturated rings. The summed E-state index contributed by atoms with van der Waals surface area (Å²) in [5.74, 6) is -0.221. The van der Waals surface area contributed by atoms with Gasteiger partial charge in [-0.3, -0.25) is 0 Å². The molecule has 0 radical (unpaired) electrons. The maximum Gasteiger partial charge on any atom is 0.207 e. The predicted octanol–water partition coefficient (Wildman–Crippen LogP) is 2.93. The molecule has 0 rings (SSSR count). The molecule has 0 amide bonds. The Balaban J connectivity index is 3.71. The summed E-state index contributed by atoms with van der Waals surface area (Å²) in [5, 5.41) is 0. The monoisotopic (exact) mass is 198 g/mol. The third-order valence-corrected chi connectivity index (χ3v) is 2.44. The van der Waals surface area contributed by atoms with Gasteiger partial charge in [0.2, 0.25) is 5.63 Å². The first-order valence-corrected chi connectivity index (χ1v) is 3.45. The van der Waals surface area contributed by atoms with Crippen molar-refractivity contribution >= 4 is 46.4 Å². The Hall–Kier alpha value is 1.09. The molecule has 0 bridgehead atoms. The lowest BCUT2D eigenvalue weighted by molar-refractivity contribution is 0.420. The van der Waals surface area contributed by atoms with Gasteiger partial charge in [0, 0.05) is 0 Å². The summed E-state index contributed by atoms with van der Waals surface area (Å²) in [7, 11) is 0. The van der Waals surface area contributed by atoms with E-state index in [1.165, 1.54) is 0 Å². The fourth-order valence-electron chi connectivity index (χ4n) is 0.0583. The van der Waals surface area contributed by atoms with Crippen molar-refractivity contribution in [3.8, 4) is 0 Å². The van der Waals surface area contributed by atoms with Crippen LogP contribution in [-0.2, 0) is 0 Å². The van der Waals surface area contributed by atoms with Crippen molar-refractivity contribution in [2.24, 2.45) is 0 Å². The Bertz CT molecular complexity index is 71.7. The molecule has 0 aliphatic carbocycles. The molecule has 0 saturated heterocycles. The van der Waals surface area contributed by atoms with E-state index in [0.29, 0.717) is 0 Å². The third-order valence-electron chi connectivity index (χ3n) is 0.497. The normalized spacial score (nSPS) is 16.1. The topological polar surface area (TPSA) is 0 Å². The van der Waals surface area contributed by atoms with Crippen LogP contribution in [0.5, 0.6) is 0 Å². The number of hydrogen-bond donors (Lipinski definition) is 0. The van der Waals surface area contributed by atoms with E-state index in [9.17, 15) is 4.39 Å². The van der Waals surface area contributed by atoms with Gasteiger partial charge in [-0.2, -0.15) is 0 Å². The lowest BCUT2D eigenvalue weighted by Gasteiger charge is -2.14. The first-order chi connectivity index (χ1) is 3.50. The van der Waals surface area contributed by atoms with Crippen molar-refractivity contribution in [2.75, 3.05) is 5.88 Å². The minimum atomic E-state index is -1.82. The van der Waals surface area contributed by atoms with Crippen LogP contribution in [0.2, 0.25) is 0 Å². The molecule has 1 atom stereocenters. The first-order valence-electron chi connectivity index (χ1n) is 1.72. The molecule has 0 aliphatic rings. The number of rotatable bonds is 2. The fourth-order valence-corrected chi connectivity index (χ4v) is 0.350. The third kappa shape index (κ3) is 2.58. The second-order valence-corrected chi connectivity index (χ2v) is 3.39. The van der Waals surface area contributed by atoms with E-state index in [2.05, 4.69) is 0 Å². The molecule has 0 spiro atoms. The van der Waals surface area contributed by atoms with E-state index in [1.807, 2.05) is 0 Å². The molecular weight excluding hydrogens is 197 g/mol. The van der Waals surface area contributed by atoms with Crippen molar-refractivity contribution < 1.29 is 4.39 Å². The van der Waals surface area contributed by atoms with Gasteiger partial charge in [-0.1, -0.05) is 34.8 Å². The molecule has 0 N–H and O–H groups in total. The van der Waals surface area contributed by atoms with E-state index in [0.717, 1.165) is 0 Å². The Morgan fingerprint density at radius 3 is 1.88 bits per heavy atom. The van der Waals surface area contributed by atoms with Crippen LogP contribution in [0.25, 0.3) is 0 Å². The number of halogens is 5. The van der Waals surface area contributed by atoms with Gasteiger partial charge < -0.3 is 0 Å². The lowest BCUT2D eigenvalue weighted by Crippen LogP contribution is -2.24. The van der Waals surface area contributed by atoms with E-state index in [4.69, 9.17) is 46.4 Å². The molecule has 0 nitrogen and oxygen atoms in total. The minimum absolute atomic E-state index is 0.221. The second-order valence-electron chi connectivity index (χ2n) is 1.20. The van der Waals surface area contributed by atoms with Gasteiger partial charge in [0.15, 0.2) is 4.33 Å². The quantitative estimate of drug-likeness (QED) is 0.601. The Kier molecular flexibility index (Phi) is 3.76. The highest BCUT2D eigenvalue weighted by Gasteiger charge is 2.32. The van der Waals surface area contributed by atoms with Crippen LogP contribution in [0.1, 0.15) is 0 Å². The maximum absolute atomic E-state index is 11.9. The average molecular weight is 200 g/mol. The zero-order chi connectivity index (χ0) is 6.78. The SMILES string of the molecule is FC(Cl)C(Cl)(Cl)CCl. The lowest BCUT2D eigenvalue weighted by atomic mass is 10.5. The fraction of sp³-hybridized carbons (Fsp3) is 1.00. The largest absolute Gasteiger partial charge is 0.227 e. The Morgan fingerprint density at radius 2 is 1.88 bits per heavy atom. The van der Waals surface area contributed by atoms with Crippen LogP contribution < -0.4 is 0 Å². The highest BCUT2D eigenvalue weighted by Crippen LogP contribution is 2.31. The predicted molar refractivity (Wildman–Crippen MR) is 35.9 cm³/mol. The van der Waals surface area contributed by atoms with Gasteiger partial charge in [0.05, 0.1) is 5.88 Å². The maximum atomic E-state index is 11.9. The molecule has 0 aliphatic heterocycles. The summed E-state index contributed by atoms with van der Waals surface area (Å²) in [5.41, 5.74) is -1.82. The number of hydrogen-bond acceptors (Lipinski definition) is 0. The van der Waals surface area contributed by atoms with Crippen molar-refractivity contribution in [3.63, 3.8) is 0 Å². The molecule has 0 aromatic heterocycles.